The molecule has 0 N–H and O–H groups in total. The number of fused-ring (bicyclic) bond motifs is 3. The van der Waals surface area contributed by atoms with E-state index in [9.17, 15) is 5.26 Å². The smallest absolute Gasteiger partial charge is 0.165 e. The zero-order valence-electron chi connectivity index (χ0n) is 27.1. The van der Waals surface area contributed by atoms with E-state index in [-0.39, 0.29) is 0 Å². The molecule has 238 valence electrons. The molecule has 0 fully saturated rings. The molecule has 6 nitrogen and oxygen atoms in total. The fourth-order valence-electron chi connectivity index (χ4n) is 6.35. The Labute approximate surface area is 298 Å². The van der Waals surface area contributed by atoms with Gasteiger partial charge in [-0.15, -0.1) is 11.3 Å². The van der Waals surface area contributed by atoms with Gasteiger partial charge in [0, 0.05) is 53.6 Å². The highest BCUT2D eigenvalue weighted by Gasteiger charge is 2.20. The Balaban J connectivity index is 1.22. The van der Waals surface area contributed by atoms with Crippen molar-refractivity contribution in [1.29, 1.82) is 5.26 Å². The third-order valence-electron chi connectivity index (χ3n) is 8.81. The van der Waals surface area contributed by atoms with Gasteiger partial charge in [0.15, 0.2) is 23.3 Å². The van der Waals surface area contributed by atoms with E-state index in [0.717, 1.165) is 53.6 Å². The van der Waals surface area contributed by atoms with E-state index in [1.54, 1.807) is 11.3 Å². The summed E-state index contributed by atoms with van der Waals surface area (Å²) in [5, 5.41) is 12.5. The van der Waals surface area contributed by atoms with Crippen molar-refractivity contribution in [2.75, 3.05) is 0 Å². The van der Waals surface area contributed by atoms with Gasteiger partial charge in [-0.25, -0.2) is 24.9 Å². The quantitative estimate of drug-likeness (QED) is 0.175. The number of hydrogen-bond donors (Lipinski definition) is 0. The lowest BCUT2D eigenvalue weighted by molar-refractivity contribution is 1.08. The summed E-state index contributed by atoms with van der Waals surface area (Å²) in [4.78, 5) is 25.0. The van der Waals surface area contributed by atoms with Gasteiger partial charge in [0.1, 0.15) is 11.6 Å². The second-order valence-corrected chi connectivity index (χ2v) is 13.0. The van der Waals surface area contributed by atoms with Gasteiger partial charge >= 0.3 is 0 Å². The largest absolute Gasteiger partial charge is 0.227 e. The van der Waals surface area contributed by atoms with Crippen molar-refractivity contribution in [3.63, 3.8) is 0 Å². The van der Waals surface area contributed by atoms with Crippen LogP contribution in [0, 0.1) is 11.3 Å². The monoisotopic (exact) mass is 670 g/mol. The molecule has 9 aromatic rings. The second-order valence-electron chi connectivity index (χ2n) is 12.0. The molecule has 0 radical (unpaired) electrons. The van der Waals surface area contributed by atoms with E-state index in [2.05, 4.69) is 42.5 Å². The molecule has 6 aromatic carbocycles. The molecular formula is C44H26N6S. The summed E-state index contributed by atoms with van der Waals surface area (Å²) in [5.74, 6) is 2.43. The number of benzene rings is 6. The fraction of sp³-hybridized carbons (Fsp3) is 0. The maximum Gasteiger partial charge on any atom is 0.165 e. The first-order chi connectivity index (χ1) is 25.2. The number of nitrogens with zero attached hydrogens (tertiary/aromatic N) is 6. The Bertz CT molecular complexity index is 2620. The lowest BCUT2D eigenvalue weighted by Crippen LogP contribution is -2.01. The average molecular weight is 671 g/mol. The van der Waals surface area contributed by atoms with E-state index in [1.807, 2.05) is 121 Å². The highest BCUT2D eigenvalue weighted by atomic mass is 32.1. The first kappa shape index (κ1) is 30.2. The number of thiophene rings is 1. The van der Waals surface area contributed by atoms with Crippen LogP contribution in [0.2, 0.25) is 0 Å². The molecule has 3 aromatic heterocycles. The topological polar surface area (TPSA) is 88.2 Å². The standard InChI is InChI=1S/C44H26N6S/c45-27-36-38(28-14-5-1-6-15-28)46-43(47-39(36)29-16-7-2-8-17-29)32-24-25-37-35(26-32)33-22-13-23-34(40(33)51-37)44-49-41(30-18-9-3-10-19-30)48-42(50-44)31-20-11-4-12-21-31/h1-26H. The van der Waals surface area contributed by atoms with Crippen LogP contribution in [0.4, 0.5) is 0 Å². The van der Waals surface area contributed by atoms with Crippen molar-refractivity contribution in [1.82, 2.24) is 24.9 Å². The number of aromatic nitrogens is 5. The molecule has 0 saturated carbocycles. The Morgan fingerprint density at radius 1 is 0.412 bits per heavy atom. The van der Waals surface area contributed by atoms with Crippen molar-refractivity contribution < 1.29 is 0 Å². The van der Waals surface area contributed by atoms with Gasteiger partial charge in [0.05, 0.1) is 11.4 Å². The molecular weight excluding hydrogens is 645 g/mol. The van der Waals surface area contributed by atoms with Gasteiger partial charge in [-0.2, -0.15) is 5.26 Å². The SMILES string of the molecule is N#Cc1c(-c2ccccc2)nc(-c2ccc3sc4c(-c5nc(-c6ccccc6)nc(-c6ccccc6)n5)cccc4c3c2)nc1-c1ccccc1. The molecule has 0 atom stereocenters. The molecule has 0 aliphatic carbocycles. The van der Waals surface area contributed by atoms with Gasteiger partial charge in [-0.3, -0.25) is 0 Å². The summed E-state index contributed by atoms with van der Waals surface area (Å²) in [6.45, 7) is 0. The molecule has 0 aliphatic rings. The minimum Gasteiger partial charge on any atom is -0.227 e. The third-order valence-corrected chi connectivity index (χ3v) is 10.0. The van der Waals surface area contributed by atoms with Crippen LogP contribution >= 0.6 is 11.3 Å². The van der Waals surface area contributed by atoms with Crippen LogP contribution in [0.25, 0.3) is 88.2 Å². The van der Waals surface area contributed by atoms with Crippen LogP contribution < -0.4 is 0 Å². The Morgan fingerprint density at radius 3 is 1.43 bits per heavy atom. The zero-order valence-corrected chi connectivity index (χ0v) is 27.9. The van der Waals surface area contributed by atoms with Gasteiger partial charge < -0.3 is 0 Å². The van der Waals surface area contributed by atoms with Crippen LogP contribution in [0.15, 0.2) is 158 Å². The van der Waals surface area contributed by atoms with Crippen LogP contribution in [-0.2, 0) is 0 Å². The first-order valence-electron chi connectivity index (χ1n) is 16.5. The van der Waals surface area contributed by atoms with Crippen molar-refractivity contribution >= 4 is 31.5 Å². The van der Waals surface area contributed by atoms with E-state index in [4.69, 9.17) is 24.9 Å². The summed E-state index contributed by atoms with van der Waals surface area (Å²) in [6.07, 6.45) is 0. The molecule has 3 heterocycles. The van der Waals surface area contributed by atoms with Gasteiger partial charge in [0.2, 0.25) is 0 Å². The number of nitriles is 1. The van der Waals surface area contributed by atoms with Gasteiger partial charge in [0.25, 0.3) is 0 Å². The predicted molar refractivity (Wildman–Crippen MR) is 206 cm³/mol. The maximum absolute atomic E-state index is 10.4. The highest BCUT2D eigenvalue weighted by Crippen LogP contribution is 2.41. The normalized spacial score (nSPS) is 11.1. The molecule has 9 rings (SSSR count). The van der Waals surface area contributed by atoms with E-state index in [1.165, 1.54) is 0 Å². The third kappa shape index (κ3) is 5.60. The summed E-state index contributed by atoms with van der Waals surface area (Å²) in [6, 6.07) is 54.7. The second kappa shape index (κ2) is 12.9. The van der Waals surface area contributed by atoms with Crippen molar-refractivity contribution in [2.24, 2.45) is 0 Å². The molecule has 0 aliphatic heterocycles. The minimum absolute atomic E-state index is 0.449. The van der Waals surface area contributed by atoms with Crippen molar-refractivity contribution in [3.05, 3.63) is 163 Å². The summed E-state index contributed by atoms with van der Waals surface area (Å²) < 4.78 is 2.21. The molecule has 0 spiro atoms. The summed E-state index contributed by atoms with van der Waals surface area (Å²) in [5.41, 5.74) is 7.06. The van der Waals surface area contributed by atoms with E-state index < -0.39 is 0 Å². The van der Waals surface area contributed by atoms with E-state index in [0.29, 0.717) is 40.2 Å². The average Bonchev–Trinajstić information content (AvgIpc) is 3.60. The lowest BCUT2D eigenvalue weighted by atomic mass is 10.00. The Hall–Kier alpha value is -6.88. The summed E-state index contributed by atoms with van der Waals surface area (Å²) in [7, 11) is 0. The predicted octanol–water partition coefficient (Wildman–Crippen LogP) is 10.9. The molecule has 0 unspecified atom stereocenters. The van der Waals surface area contributed by atoms with Crippen molar-refractivity contribution in [3.8, 4) is 74.1 Å². The highest BCUT2D eigenvalue weighted by molar-refractivity contribution is 7.26. The maximum atomic E-state index is 10.4. The lowest BCUT2D eigenvalue weighted by Gasteiger charge is -2.12. The van der Waals surface area contributed by atoms with Gasteiger partial charge in [-0.1, -0.05) is 133 Å². The van der Waals surface area contributed by atoms with Crippen molar-refractivity contribution in [2.45, 2.75) is 0 Å². The van der Waals surface area contributed by atoms with Crippen LogP contribution in [0.5, 0.6) is 0 Å². The molecule has 7 heteroatoms. The van der Waals surface area contributed by atoms with Gasteiger partial charge in [-0.05, 0) is 24.3 Å². The first-order valence-corrected chi connectivity index (χ1v) is 17.3. The molecule has 0 saturated heterocycles. The zero-order chi connectivity index (χ0) is 34.1. The fourth-order valence-corrected chi connectivity index (χ4v) is 7.54. The van der Waals surface area contributed by atoms with Crippen LogP contribution in [-0.4, -0.2) is 24.9 Å². The van der Waals surface area contributed by atoms with E-state index >= 15 is 0 Å². The van der Waals surface area contributed by atoms with Crippen LogP contribution in [0.3, 0.4) is 0 Å². The molecule has 0 amide bonds. The summed E-state index contributed by atoms with van der Waals surface area (Å²) >= 11 is 1.71. The molecule has 51 heavy (non-hydrogen) atoms. The Kier molecular flexibility index (Phi) is 7.62. The number of hydrogen-bond acceptors (Lipinski definition) is 7. The Morgan fingerprint density at radius 2 is 0.902 bits per heavy atom. The number of rotatable bonds is 6. The minimum atomic E-state index is 0.449. The van der Waals surface area contributed by atoms with Crippen LogP contribution in [0.1, 0.15) is 5.56 Å². The molecule has 0 bridgehead atoms.